The Hall–Kier alpha value is -1.62. The number of nitrogens with zero attached hydrogens (tertiary/aromatic N) is 1. The normalized spacial score (nSPS) is 11.9. The zero-order valence-corrected chi connectivity index (χ0v) is 11.7. The van der Waals surface area contributed by atoms with Crippen molar-refractivity contribution in [2.45, 2.75) is 39.2 Å². The summed E-state index contributed by atoms with van der Waals surface area (Å²) in [4.78, 5) is 27.0. The number of pyridine rings is 1. The zero-order chi connectivity index (χ0) is 14.4. The van der Waals surface area contributed by atoms with Crippen LogP contribution < -0.4 is 5.32 Å². The van der Waals surface area contributed by atoms with Gasteiger partial charge in [-0.05, 0) is 25.0 Å². The minimum Gasteiger partial charge on any atom is -0.480 e. The van der Waals surface area contributed by atoms with E-state index in [0.717, 1.165) is 18.5 Å². The van der Waals surface area contributed by atoms with Gasteiger partial charge in [0.15, 0.2) is 0 Å². The van der Waals surface area contributed by atoms with E-state index in [4.69, 9.17) is 16.7 Å². The summed E-state index contributed by atoms with van der Waals surface area (Å²) in [5, 5.41) is 11.6. The fraction of sp³-hybridized carbons (Fsp3) is 0.462. The van der Waals surface area contributed by atoms with Crippen LogP contribution in [-0.4, -0.2) is 28.0 Å². The van der Waals surface area contributed by atoms with Crippen LogP contribution in [0.3, 0.4) is 0 Å². The van der Waals surface area contributed by atoms with Crippen LogP contribution in [0.4, 0.5) is 0 Å². The third-order valence-electron chi connectivity index (χ3n) is 2.63. The van der Waals surface area contributed by atoms with Crippen LogP contribution >= 0.6 is 11.6 Å². The van der Waals surface area contributed by atoms with Gasteiger partial charge in [0.1, 0.15) is 11.2 Å². The summed E-state index contributed by atoms with van der Waals surface area (Å²) in [7, 11) is 0. The number of aliphatic carboxylic acids is 1. The number of hydrogen-bond acceptors (Lipinski definition) is 3. The summed E-state index contributed by atoms with van der Waals surface area (Å²) in [5.41, 5.74) is 1.06. The predicted molar refractivity (Wildman–Crippen MR) is 72.4 cm³/mol. The van der Waals surface area contributed by atoms with Crippen LogP contribution in [0.2, 0.25) is 5.15 Å². The molecule has 1 aromatic rings. The number of carboxylic acid groups (broad SMARTS) is 1. The van der Waals surface area contributed by atoms with Gasteiger partial charge in [-0.2, -0.15) is 0 Å². The number of carboxylic acids is 1. The van der Waals surface area contributed by atoms with Crippen molar-refractivity contribution in [3.05, 3.63) is 28.5 Å². The average molecular weight is 285 g/mol. The molecule has 0 aromatic carbocycles. The summed E-state index contributed by atoms with van der Waals surface area (Å²) in [6, 6.07) is 2.18. The fourth-order valence-corrected chi connectivity index (χ4v) is 1.87. The first kappa shape index (κ1) is 15.4. The van der Waals surface area contributed by atoms with Crippen molar-refractivity contribution in [2.75, 3.05) is 0 Å². The molecule has 0 spiro atoms. The molecule has 0 radical (unpaired) electrons. The Balaban J connectivity index is 2.89. The molecule has 0 bridgehead atoms. The third kappa shape index (κ3) is 4.52. The lowest BCUT2D eigenvalue weighted by atomic mass is 10.1. The van der Waals surface area contributed by atoms with Crippen molar-refractivity contribution >= 4 is 23.5 Å². The number of amides is 1. The Morgan fingerprint density at radius 2 is 2.11 bits per heavy atom. The largest absolute Gasteiger partial charge is 0.480 e. The highest BCUT2D eigenvalue weighted by Gasteiger charge is 2.19. The van der Waals surface area contributed by atoms with Gasteiger partial charge in [-0.15, -0.1) is 0 Å². The van der Waals surface area contributed by atoms with E-state index in [1.54, 1.807) is 13.0 Å². The van der Waals surface area contributed by atoms with Gasteiger partial charge in [0.05, 0.1) is 0 Å². The smallest absolute Gasteiger partial charge is 0.326 e. The molecule has 0 saturated heterocycles. The van der Waals surface area contributed by atoms with Crippen molar-refractivity contribution in [3.8, 4) is 0 Å². The van der Waals surface area contributed by atoms with Gasteiger partial charge in [-0.25, -0.2) is 9.78 Å². The molecule has 5 nitrogen and oxygen atoms in total. The van der Waals surface area contributed by atoms with Gasteiger partial charge in [-0.3, -0.25) is 4.79 Å². The van der Waals surface area contributed by atoms with Gasteiger partial charge >= 0.3 is 5.97 Å². The second-order valence-electron chi connectivity index (χ2n) is 4.19. The van der Waals surface area contributed by atoms with E-state index in [1.165, 1.54) is 6.07 Å². The van der Waals surface area contributed by atoms with Crippen molar-refractivity contribution in [1.29, 1.82) is 0 Å². The van der Waals surface area contributed by atoms with E-state index < -0.39 is 17.9 Å². The number of carbonyl (C=O) groups is 2. The van der Waals surface area contributed by atoms with Gasteiger partial charge in [0, 0.05) is 11.3 Å². The van der Waals surface area contributed by atoms with Crippen molar-refractivity contribution in [1.82, 2.24) is 10.3 Å². The summed E-state index contributed by atoms with van der Waals surface area (Å²) in [6.45, 7) is 3.70. The maximum Gasteiger partial charge on any atom is 0.326 e. The van der Waals surface area contributed by atoms with E-state index >= 15 is 0 Å². The number of nitrogens with one attached hydrogen (secondary N) is 1. The quantitative estimate of drug-likeness (QED) is 0.786. The number of aryl methyl sites for hydroxylation is 1. The zero-order valence-electron chi connectivity index (χ0n) is 10.9. The highest BCUT2D eigenvalue weighted by Crippen LogP contribution is 2.12. The molecule has 1 amide bonds. The molecule has 0 fully saturated rings. The van der Waals surface area contributed by atoms with Crippen molar-refractivity contribution in [2.24, 2.45) is 0 Å². The molecule has 0 aliphatic rings. The van der Waals surface area contributed by atoms with Crippen LogP contribution in [0.15, 0.2) is 12.1 Å². The Labute approximate surface area is 117 Å². The molecule has 0 aliphatic heterocycles. The number of aromatic nitrogens is 1. The van der Waals surface area contributed by atoms with E-state index in [9.17, 15) is 9.59 Å². The first-order valence-electron chi connectivity index (χ1n) is 6.18. The summed E-state index contributed by atoms with van der Waals surface area (Å²) < 4.78 is 0. The number of hydrogen-bond donors (Lipinski definition) is 2. The predicted octanol–water partition coefficient (Wildman–Crippen LogP) is 2.28. The standard InChI is InChI=1S/C13H17ClN2O3/c1-3-5-9-6-8(7-11(14)15-9)12(17)16-10(4-2)13(18)19/h6-7,10H,3-5H2,1-2H3,(H,16,17)(H,18,19). The Kier molecular flexibility index (Phi) is 5.76. The monoisotopic (exact) mass is 284 g/mol. The molecule has 2 N–H and O–H groups in total. The van der Waals surface area contributed by atoms with E-state index in [1.807, 2.05) is 6.92 Å². The molecule has 19 heavy (non-hydrogen) atoms. The van der Waals surface area contributed by atoms with Crippen LogP contribution in [-0.2, 0) is 11.2 Å². The molecule has 1 heterocycles. The average Bonchev–Trinajstić information content (AvgIpc) is 2.34. The van der Waals surface area contributed by atoms with Gasteiger partial charge in [-0.1, -0.05) is 31.9 Å². The fourth-order valence-electron chi connectivity index (χ4n) is 1.65. The molecular weight excluding hydrogens is 268 g/mol. The molecule has 104 valence electrons. The van der Waals surface area contributed by atoms with Crippen LogP contribution in [0.25, 0.3) is 0 Å². The lowest BCUT2D eigenvalue weighted by Gasteiger charge is -2.12. The molecule has 1 atom stereocenters. The van der Waals surface area contributed by atoms with Gasteiger partial charge in [0.25, 0.3) is 5.91 Å². The van der Waals surface area contributed by atoms with Crippen LogP contribution in [0.5, 0.6) is 0 Å². The maximum absolute atomic E-state index is 12.0. The number of halogens is 1. The first-order valence-corrected chi connectivity index (χ1v) is 6.55. The van der Waals surface area contributed by atoms with Crippen LogP contribution in [0, 0.1) is 0 Å². The SMILES string of the molecule is CCCc1cc(C(=O)NC(CC)C(=O)O)cc(Cl)n1. The van der Waals surface area contributed by atoms with E-state index in [0.29, 0.717) is 12.0 Å². The van der Waals surface area contributed by atoms with E-state index in [2.05, 4.69) is 10.3 Å². The molecule has 1 unspecified atom stereocenters. The Bertz CT molecular complexity index is 477. The highest BCUT2D eigenvalue weighted by atomic mass is 35.5. The minimum atomic E-state index is -1.05. The Morgan fingerprint density at radius 1 is 1.42 bits per heavy atom. The second kappa shape index (κ2) is 7.09. The topological polar surface area (TPSA) is 79.3 Å². The van der Waals surface area contributed by atoms with Gasteiger partial charge < -0.3 is 10.4 Å². The minimum absolute atomic E-state index is 0.236. The lowest BCUT2D eigenvalue weighted by molar-refractivity contribution is -0.139. The number of carbonyl (C=O) groups excluding carboxylic acids is 1. The second-order valence-corrected chi connectivity index (χ2v) is 4.58. The summed E-state index contributed by atoms with van der Waals surface area (Å²) in [5.74, 6) is -1.50. The molecular formula is C13H17ClN2O3. The van der Waals surface area contributed by atoms with Crippen LogP contribution in [0.1, 0.15) is 42.7 Å². The maximum atomic E-state index is 12.0. The van der Waals surface area contributed by atoms with Gasteiger partial charge in [0.2, 0.25) is 0 Å². The molecule has 0 saturated carbocycles. The first-order chi connectivity index (χ1) is 8.97. The highest BCUT2D eigenvalue weighted by molar-refractivity contribution is 6.29. The lowest BCUT2D eigenvalue weighted by Crippen LogP contribution is -2.40. The Morgan fingerprint density at radius 3 is 2.63 bits per heavy atom. The molecule has 1 rings (SSSR count). The summed E-state index contributed by atoms with van der Waals surface area (Å²) >= 11 is 5.86. The number of rotatable bonds is 6. The molecule has 6 heteroatoms. The summed E-state index contributed by atoms with van der Waals surface area (Å²) in [6.07, 6.45) is 1.93. The van der Waals surface area contributed by atoms with Crippen molar-refractivity contribution in [3.63, 3.8) is 0 Å². The third-order valence-corrected chi connectivity index (χ3v) is 2.82. The molecule has 0 aliphatic carbocycles. The molecule has 1 aromatic heterocycles. The van der Waals surface area contributed by atoms with E-state index in [-0.39, 0.29) is 5.15 Å². The van der Waals surface area contributed by atoms with Crippen molar-refractivity contribution < 1.29 is 14.7 Å².